The quantitative estimate of drug-likeness (QED) is 0.739. The van der Waals surface area contributed by atoms with Crippen LogP contribution in [0.2, 0.25) is 0 Å². The van der Waals surface area contributed by atoms with Gasteiger partial charge in [-0.3, -0.25) is 0 Å². The van der Waals surface area contributed by atoms with E-state index >= 15 is 0 Å². The van der Waals surface area contributed by atoms with Gasteiger partial charge in [0.1, 0.15) is 0 Å². The molecule has 0 spiro atoms. The SMILES string of the molecule is CC1CCCC(CNCc2ccc(Br)c(Br)c2)(N(C)C)C1. The first kappa shape index (κ1) is 17.5. The summed E-state index contributed by atoms with van der Waals surface area (Å²) >= 11 is 7.09. The molecule has 1 aliphatic carbocycles. The number of hydrogen-bond acceptors (Lipinski definition) is 2. The van der Waals surface area contributed by atoms with Crippen LogP contribution in [0.1, 0.15) is 38.2 Å². The maximum absolute atomic E-state index is 3.68. The van der Waals surface area contributed by atoms with Crippen LogP contribution in [0.5, 0.6) is 0 Å². The van der Waals surface area contributed by atoms with Crippen molar-refractivity contribution < 1.29 is 0 Å². The lowest BCUT2D eigenvalue weighted by Crippen LogP contribution is -2.54. The number of benzene rings is 1. The number of nitrogens with one attached hydrogen (secondary N) is 1. The zero-order valence-corrected chi connectivity index (χ0v) is 16.4. The molecule has 0 amide bonds. The number of nitrogens with zero attached hydrogens (tertiary/aromatic N) is 1. The molecule has 0 radical (unpaired) electrons. The Morgan fingerprint density at radius 3 is 2.67 bits per heavy atom. The highest BCUT2D eigenvalue weighted by molar-refractivity contribution is 9.13. The van der Waals surface area contributed by atoms with E-state index in [-0.39, 0.29) is 0 Å². The van der Waals surface area contributed by atoms with Crippen molar-refractivity contribution in [3.05, 3.63) is 32.7 Å². The summed E-state index contributed by atoms with van der Waals surface area (Å²) in [7, 11) is 4.46. The third-order valence-electron chi connectivity index (χ3n) is 4.78. The largest absolute Gasteiger partial charge is 0.311 e. The maximum Gasteiger partial charge on any atom is 0.0330 e. The first-order valence-corrected chi connectivity index (χ1v) is 9.34. The zero-order chi connectivity index (χ0) is 15.5. The van der Waals surface area contributed by atoms with Crippen LogP contribution in [0.25, 0.3) is 0 Å². The molecule has 4 heteroatoms. The minimum Gasteiger partial charge on any atom is -0.311 e. The van der Waals surface area contributed by atoms with Crippen molar-refractivity contribution in [2.45, 2.75) is 44.7 Å². The summed E-state index contributed by atoms with van der Waals surface area (Å²) in [4.78, 5) is 2.44. The third-order valence-corrected chi connectivity index (χ3v) is 6.66. The summed E-state index contributed by atoms with van der Waals surface area (Å²) in [6, 6.07) is 6.46. The third kappa shape index (κ3) is 4.54. The van der Waals surface area contributed by atoms with E-state index in [1.165, 1.54) is 31.2 Å². The molecule has 0 bridgehead atoms. The highest BCUT2D eigenvalue weighted by Gasteiger charge is 2.36. The predicted molar refractivity (Wildman–Crippen MR) is 97.6 cm³/mol. The molecular weight excluding hydrogens is 392 g/mol. The highest BCUT2D eigenvalue weighted by Crippen LogP contribution is 2.35. The van der Waals surface area contributed by atoms with Gasteiger partial charge in [0.2, 0.25) is 0 Å². The molecule has 0 heterocycles. The Morgan fingerprint density at radius 1 is 1.29 bits per heavy atom. The molecule has 1 saturated carbocycles. The predicted octanol–water partition coefficient (Wildman–Crippen LogP) is 4.81. The number of hydrogen-bond donors (Lipinski definition) is 1. The molecule has 0 saturated heterocycles. The molecule has 0 aromatic heterocycles. The van der Waals surface area contributed by atoms with E-state index in [0.29, 0.717) is 5.54 Å². The summed E-state index contributed by atoms with van der Waals surface area (Å²) in [5.41, 5.74) is 1.65. The molecule has 1 N–H and O–H groups in total. The molecule has 1 aromatic rings. The van der Waals surface area contributed by atoms with Crippen LogP contribution in [0, 0.1) is 5.92 Å². The Morgan fingerprint density at radius 2 is 2.05 bits per heavy atom. The molecule has 21 heavy (non-hydrogen) atoms. The number of halogens is 2. The van der Waals surface area contributed by atoms with Crippen molar-refractivity contribution in [2.75, 3.05) is 20.6 Å². The van der Waals surface area contributed by atoms with Gasteiger partial charge in [0.15, 0.2) is 0 Å². The molecule has 0 aliphatic heterocycles. The Bertz CT molecular complexity index is 476. The van der Waals surface area contributed by atoms with E-state index < -0.39 is 0 Å². The van der Waals surface area contributed by atoms with Crippen LogP contribution < -0.4 is 5.32 Å². The maximum atomic E-state index is 3.68. The fourth-order valence-electron chi connectivity index (χ4n) is 3.45. The second kappa shape index (κ2) is 7.58. The minimum atomic E-state index is 0.324. The lowest BCUT2D eigenvalue weighted by molar-refractivity contribution is 0.0749. The lowest BCUT2D eigenvalue weighted by atomic mass is 9.75. The van der Waals surface area contributed by atoms with Crippen molar-refractivity contribution in [3.8, 4) is 0 Å². The molecule has 118 valence electrons. The van der Waals surface area contributed by atoms with Gasteiger partial charge < -0.3 is 10.2 Å². The summed E-state index contributed by atoms with van der Waals surface area (Å²) in [6.45, 7) is 4.39. The highest BCUT2D eigenvalue weighted by atomic mass is 79.9. The Labute approximate surface area is 145 Å². The molecule has 2 rings (SSSR count). The topological polar surface area (TPSA) is 15.3 Å². The average Bonchev–Trinajstić information content (AvgIpc) is 2.42. The van der Waals surface area contributed by atoms with Gasteiger partial charge in [-0.2, -0.15) is 0 Å². The molecule has 1 aromatic carbocycles. The Kier molecular flexibility index (Phi) is 6.30. The Balaban J connectivity index is 1.94. The van der Waals surface area contributed by atoms with Gasteiger partial charge in [-0.1, -0.05) is 25.8 Å². The van der Waals surface area contributed by atoms with Crippen LogP contribution in [-0.4, -0.2) is 31.1 Å². The molecule has 1 fully saturated rings. The van der Waals surface area contributed by atoms with Crippen LogP contribution >= 0.6 is 31.9 Å². The van der Waals surface area contributed by atoms with E-state index in [1.54, 1.807) is 0 Å². The van der Waals surface area contributed by atoms with Crippen molar-refractivity contribution in [1.29, 1.82) is 0 Å². The van der Waals surface area contributed by atoms with Crippen LogP contribution in [0.4, 0.5) is 0 Å². The minimum absolute atomic E-state index is 0.324. The molecule has 1 aliphatic rings. The van der Waals surface area contributed by atoms with Crippen LogP contribution in [-0.2, 0) is 6.54 Å². The number of likely N-dealkylation sites (N-methyl/N-ethyl adjacent to an activating group) is 1. The van der Waals surface area contributed by atoms with Gasteiger partial charge in [0.25, 0.3) is 0 Å². The smallest absolute Gasteiger partial charge is 0.0330 e. The first-order chi connectivity index (χ1) is 9.93. The summed E-state index contributed by atoms with van der Waals surface area (Å²) in [6.07, 6.45) is 5.35. The van der Waals surface area contributed by atoms with Crippen molar-refractivity contribution >= 4 is 31.9 Å². The van der Waals surface area contributed by atoms with E-state index in [4.69, 9.17) is 0 Å². The fraction of sp³-hybridized carbons (Fsp3) is 0.647. The summed E-state index contributed by atoms with van der Waals surface area (Å²) < 4.78 is 2.23. The van der Waals surface area contributed by atoms with E-state index in [2.05, 4.69) is 81.3 Å². The van der Waals surface area contributed by atoms with Crippen molar-refractivity contribution in [2.24, 2.45) is 5.92 Å². The van der Waals surface area contributed by atoms with E-state index in [0.717, 1.165) is 28.0 Å². The average molecular weight is 418 g/mol. The zero-order valence-electron chi connectivity index (χ0n) is 13.3. The monoisotopic (exact) mass is 416 g/mol. The van der Waals surface area contributed by atoms with Gasteiger partial charge in [-0.25, -0.2) is 0 Å². The lowest BCUT2D eigenvalue weighted by Gasteiger charge is -2.45. The first-order valence-electron chi connectivity index (χ1n) is 7.75. The molecular formula is C17H26Br2N2. The van der Waals surface area contributed by atoms with Crippen molar-refractivity contribution in [3.63, 3.8) is 0 Å². The van der Waals surface area contributed by atoms with Gasteiger partial charge in [0, 0.05) is 27.6 Å². The van der Waals surface area contributed by atoms with Gasteiger partial charge in [-0.15, -0.1) is 0 Å². The standard InChI is InChI=1S/C17H26Br2N2/c1-13-5-4-8-17(10-13,21(2)3)12-20-11-14-6-7-15(18)16(19)9-14/h6-7,9,13,20H,4-5,8,10-12H2,1-3H3. The molecule has 2 atom stereocenters. The van der Waals surface area contributed by atoms with Crippen molar-refractivity contribution in [1.82, 2.24) is 10.2 Å². The summed E-state index contributed by atoms with van der Waals surface area (Å²) in [5, 5.41) is 3.68. The van der Waals surface area contributed by atoms with Gasteiger partial charge in [-0.05, 0) is 82.4 Å². The fourth-order valence-corrected chi connectivity index (χ4v) is 4.12. The second-order valence-corrected chi connectivity index (χ2v) is 8.38. The normalized spacial score (nSPS) is 26.3. The van der Waals surface area contributed by atoms with E-state index in [1.807, 2.05) is 0 Å². The van der Waals surface area contributed by atoms with Crippen LogP contribution in [0.15, 0.2) is 27.1 Å². The second-order valence-electron chi connectivity index (χ2n) is 6.67. The van der Waals surface area contributed by atoms with Crippen LogP contribution in [0.3, 0.4) is 0 Å². The molecule has 2 unspecified atom stereocenters. The Hall–Kier alpha value is 0.1000. The molecule has 2 nitrogen and oxygen atoms in total. The van der Waals surface area contributed by atoms with Gasteiger partial charge >= 0.3 is 0 Å². The number of rotatable bonds is 5. The van der Waals surface area contributed by atoms with E-state index in [9.17, 15) is 0 Å². The van der Waals surface area contributed by atoms with Gasteiger partial charge in [0.05, 0.1) is 0 Å². The summed E-state index contributed by atoms with van der Waals surface area (Å²) in [5.74, 6) is 0.838.